The van der Waals surface area contributed by atoms with E-state index in [-0.39, 0.29) is 0 Å². The predicted octanol–water partition coefficient (Wildman–Crippen LogP) is -0.659. The third-order valence-corrected chi connectivity index (χ3v) is 1.76. The van der Waals surface area contributed by atoms with Gasteiger partial charge in [-0.05, 0) is 20.6 Å². The Labute approximate surface area is 78.5 Å². The largest absolute Gasteiger partial charge is 0.330 e. The van der Waals surface area contributed by atoms with Crippen LogP contribution in [0.5, 0.6) is 0 Å². The Kier molecular flexibility index (Phi) is 3.85. The fraction of sp³-hybridized carbons (Fsp3) is 0.750. The first-order chi connectivity index (χ1) is 6.22. The van der Waals surface area contributed by atoms with Crippen molar-refractivity contribution < 1.29 is 0 Å². The highest BCUT2D eigenvalue weighted by Gasteiger charge is 1.99. The number of nitrogens with two attached hydrogens (primary N) is 1. The van der Waals surface area contributed by atoms with Crippen LogP contribution in [-0.2, 0) is 13.0 Å². The van der Waals surface area contributed by atoms with Crippen molar-refractivity contribution in [1.82, 2.24) is 19.9 Å². The van der Waals surface area contributed by atoms with Crippen molar-refractivity contribution in [2.45, 2.75) is 13.0 Å². The van der Waals surface area contributed by atoms with Crippen molar-refractivity contribution in [2.24, 2.45) is 5.73 Å². The molecule has 0 fully saturated rings. The maximum absolute atomic E-state index is 5.41. The summed E-state index contributed by atoms with van der Waals surface area (Å²) in [6.45, 7) is 2.49. The van der Waals surface area contributed by atoms with E-state index in [2.05, 4.69) is 15.2 Å². The molecule has 5 heteroatoms. The molecule has 0 unspecified atom stereocenters. The van der Waals surface area contributed by atoms with Gasteiger partial charge in [0.2, 0.25) is 0 Å². The van der Waals surface area contributed by atoms with Gasteiger partial charge in [-0.2, -0.15) is 0 Å². The minimum Gasteiger partial charge on any atom is -0.330 e. The lowest BCUT2D eigenvalue weighted by molar-refractivity contribution is 0.370. The maximum Gasteiger partial charge on any atom is 0.0839 e. The van der Waals surface area contributed by atoms with Gasteiger partial charge in [-0.1, -0.05) is 5.21 Å². The van der Waals surface area contributed by atoms with Crippen LogP contribution in [0.15, 0.2) is 6.20 Å². The Morgan fingerprint density at radius 3 is 2.92 bits per heavy atom. The van der Waals surface area contributed by atoms with Crippen LogP contribution in [0.25, 0.3) is 0 Å². The van der Waals surface area contributed by atoms with Crippen molar-refractivity contribution in [1.29, 1.82) is 0 Å². The number of rotatable bonds is 5. The van der Waals surface area contributed by atoms with Crippen molar-refractivity contribution >= 4 is 0 Å². The molecule has 1 heterocycles. The molecular formula is C8H17N5. The fourth-order valence-electron chi connectivity index (χ4n) is 1.01. The van der Waals surface area contributed by atoms with Gasteiger partial charge in [0.05, 0.1) is 12.2 Å². The van der Waals surface area contributed by atoms with E-state index in [4.69, 9.17) is 5.73 Å². The molecule has 1 aromatic rings. The minimum absolute atomic E-state index is 0.631. The van der Waals surface area contributed by atoms with Gasteiger partial charge in [0.1, 0.15) is 0 Å². The van der Waals surface area contributed by atoms with E-state index in [1.165, 1.54) is 0 Å². The molecule has 0 spiro atoms. The molecule has 0 amide bonds. The zero-order valence-corrected chi connectivity index (χ0v) is 8.27. The van der Waals surface area contributed by atoms with Crippen LogP contribution in [0.4, 0.5) is 0 Å². The fourth-order valence-corrected chi connectivity index (χ4v) is 1.01. The van der Waals surface area contributed by atoms with Crippen molar-refractivity contribution in [3.05, 3.63) is 11.9 Å². The quantitative estimate of drug-likeness (QED) is 0.658. The topological polar surface area (TPSA) is 60.0 Å². The zero-order chi connectivity index (χ0) is 9.68. The first-order valence-electron chi connectivity index (χ1n) is 4.46. The molecule has 2 N–H and O–H groups in total. The number of hydrogen-bond donors (Lipinski definition) is 1. The number of likely N-dealkylation sites (N-methyl/N-ethyl adjacent to an activating group) is 1. The lowest BCUT2D eigenvalue weighted by Gasteiger charge is -2.07. The van der Waals surface area contributed by atoms with Gasteiger partial charge in [-0.25, -0.2) is 0 Å². The summed E-state index contributed by atoms with van der Waals surface area (Å²) in [6, 6.07) is 0. The van der Waals surface area contributed by atoms with Crippen LogP contribution in [0.1, 0.15) is 5.69 Å². The van der Waals surface area contributed by atoms with Gasteiger partial charge in [-0.15, -0.1) is 5.10 Å². The second-order valence-electron chi connectivity index (χ2n) is 3.31. The van der Waals surface area contributed by atoms with E-state index in [9.17, 15) is 0 Å². The highest BCUT2D eigenvalue weighted by Crippen LogP contribution is 1.93. The first kappa shape index (κ1) is 10.1. The van der Waals surface area contributed by atoms with E-state index in [0.29, 0.717) is 6.54 Å². The monoisotopic (exact) mass is 183 g/mol. The normalized spacial score (nSPS) is 11.1. The summed E-state index contributed by atoms with van der Waals surface area (Å²) in [7, 11) is 4.08. The number of nitrogens with zero attached hydrogens (tertiary/aromatic N) is 4. The molecule has 0 saturated heterocycles. The molecule has 5 nitrogen and oxygen atoms in total. The number of hydrogen-bond acceptors (Lipinski definition) is 4. The van der Waals surface area contributed by atoms with Crippen LogP contribution in [0.2, 0.25) is 0 Å². The summed E-state index contributed by atoms with van der Waals surface area (Å²) in [4.78, 5) is 2.12. The summed E-state index contributed by atoms with van der Waals surface area (Å²) in [6.07, 6.45) is 2.76. The molecule has 0 radical (unpaired) electrons. The first-order valence-corrected chi connectivity index (χ1v) is 4.46. The highest BCUT2D eigenvalue weighted by atomic mass is 15.4. The van der Waals surface area contributed by atoms with Crippen molar-refractivity contribution in [2.75, 3.05) is 27.2 Å². The Morgan fingerprint density at radius 1 is 1.54 bits per heavy atom. The summed E-state index contributed by atoms with van der Waals surface area (Å²) >= 11 is 0. The molecule has 0 aromatic carbocycles. The van der Waals surface area contributed by atoms with Gasteiger partial charge in [0.25, 0.3) is 0 Å². The summed E-state index contributed by atoms with van der Waals surface area (Å²) in [5, 5.41) is 7.99. The molecule has 1 aromatic heterocycles. The van der Waals surface area contributed by atoms with Crippen molar-refractivity contribution in [3.8, 4) is 0 Å². The van der Waals surface area contributed by atoms with Gasteiger partial charge in [0, 0.05) is 19.2 Å². The highest BCUT2D eigenvalue weighted by molar-refractivity contribution is 4.92. The van der Waals surface area contributed by atoms with Crippen molar-refractivity contribution in [3.63, 3.8) is 0 Å². The van der Waals surface area contributed by atoms with E-state index in [0.717, 1.165) is 25.2 Å². The van der Waals surface area contributed by atoms with E-state index < -0.39 is 0 Å². The molecule has 0 aliphatic carbocycles. The standard InChI is InChI=1S/C8H17N5/c1-12(2)5-6-13-7-8(3-4-9)10-11-13/h7H,3-6,9H2,1-2H3. The third kappa shape index (κ3) is 3.52. The molecule has 0 aliphatic heterocycles. The van der Waals surface area contributed by atoms with Crippen LogP contribution >= 0.6 is 0 Å². The molecule has 1 rings (SSSR count). The lowest BCUT2D eigenvalue weighted by atomic mass is 10.3. The van der Waals surface area contributed by atoms with Gasteiger partial charge in [-0.3, -0.25) is 4.68 Å². The molecule has 74 valence electrons. The Morgan fingerprint density at radius 2 is 2.31 bits per heavy atom. The van der Waals surface area contributed by atoms with Crippen LogP contribution < -0.4 is 5.73 Å². The van der Waals surface area contributed by atoms with Crippen LogP contribution in [0, 0.1) is 0 Å². The molecular weight excluding hydrogens is 166 g/mol. The minimum atomic E-state index is 0.631. The molecule has 0 bridgehead atoms. The SMILES string of the molecule is CN(C)CCn1cc(CCN)nn1. The van der Waals surface area contributed by atoms with Crippen LogP contribution in [-0.4, -0.2) is 47.1 Å². The van der Waals surface area contributed by atoms with E-state index in [1.54, 1.807) is 0 Å². The second kappa shape index (κ2) is 4.94. The zero-order valence-electron chi connectivity index (χ0n) is 8.27. The Bertz CT molecular complexity index is 242. The maximum atomic E-state index is 5.41. The Balaban J connectivity index is 2.39. The predicted molar refractivity (Wildman–Crippen MR) is 51.3 cm³/mol. The van der Waals surface area contributed by atoms with E-state index >= 15 is 0 Å². The molecule has 0 aliphatic rings. The summed E-state index contributed by atoms with van der Waals surface area (Å²) in [5.74, 6) is 0. The molecule has 13 heavy (non-hydrogen) atoms. The van der Waals surface area contributed by atoms with Gasteiger partial charge in [0.15, 0.2) is 0 Å². The smallest absolute Gasteiger partial charge is 0.0839 e. The number of aromatic nitrogens is 3. The lowest BCUT2D eigenvalue weighted by Crippen LogP contribution is -2.18. The van der Waals surface area contributed by atoms with Crippen LogP contribution in [0.3, 0.4) is 0 Å². The molecule has 0 saturated carbocycles. The second-order valence-corrected chi connectivity index (χ2v) is 3.31. The Hall–Kier alpha value is -0.940. The summed E-state index contributed by atoms with van der Waals surface area (Å²) < 4.78 is 1.85. The molecule has 0 atom stereocenters. The van der Waals surface area contributed by atoms with Gasteiger partial charge < -0.3 is 10.6 Å². The average Bonchev–Trinajstić information content (AvgIpc) is 2.50. The average molecular weight is 183 g/mol. The summed E-state index contributed by atoms with van der Waals surface area (Å²) in [5.41, 5.74) is 6.38. The van der Waals surface area contributed by atoms with Gasteiger partial charge >= 0.3 is 0 Å². The van der Waals surface area contributed by atoms with E-state index in [1.807, 2.05) is 25.0 Å². The third-order valence-electron chi connectivity index (χ3n) is 1.76.